The second-order valence-corrected chi connectivity index (χ2v) is 11.3. The third-order valence-electron chi connectivity index (χ3n) is 7.37. The molecule has 3 aliphatic rings. The van der Waals surface area contributed by atoms with Crippen LogP contribution in [0.15, 0.2) is 30.5 Å². The fourth-order valence-corrected chi connectivity index (χ4v) is 5.63. The molecule has 2 aliphatic heterocycles. The molecule has 0 bridgehead atoms. The summed E-state index contributed by atoms with van der Waals surface area (Å²) in [6.07, 6.45) is 3.50. The van der Waals surface area contributed by atoms with Gasteiger partial charge in [0.2, 0.25) is 5.91 Å². The third kappa shape index (κ3) is 6.95. The number of likely N-dealkylation sites (tertiary alicyclic amines) is 1. The van der Waals surface area contributed by atoms with E-state index in [0.717, 1.165) is 11.0 Å². The first kappa shape index (κ1) is 29.0. The SMILES string of the molecule is CC(C)(C)OC(=O)/C=C/Oc1cccc(F)c1C1CCC(OCC2N(C(=O)O)C(=O)CC23COCCN3)CC1. The molecule has 2 N–H and O–H groups in total. The molecule has 0 aromatic heterocycles. The van der Waals surface area contributed by atoms with E-state index in [-0.39, 0.29) is 37.5 Å². The summed E-state index contributed by atoms with van der Waals surface area (Å²) in [5, 5.41) is 13.0. The first-order valence-corrected chi connectivity index (χ1v) is 13.3. The summed E-state index contributed by atoms with van der Waals surface area (Å²) >= 11 is 0. The lowest BCUT2D eigenvalue weighted by molar-refractivity contribution is -0.148. The van der Waals surface area contributed by atoms with E-state index in [4.69, 9.17) is 18.9 Å². The first-order chi connectivity index (χ1) is 18.5. The summed E-state index contributed by atoms with van der Waals surface area (Å²) in [6.45, 7) is 6.62. The zero-order valence-corrected chi connectivity index (χ0v) is 22.6. The van der Waals surface area contributed by atoms with Crippen LogP contribution in [0.5, 0.6) is 5.75 Å². The second kappa shape index (κ2) is 12.0. The maximum atomic E-state index is 14.9. The highest BCUT2D eigenvalue weighted by molar-refractivity contribution is 5.95. The molecule has 2 unspecified atom stereocenters. The topological polar surface area (TPSA) is 124 Å². The van der Waals surface area contributed by atoms with Crippen LogP contribution in [-0.2, 0) is 23.8 Å². The van der Waals surface area contributed by atoms with Crippen LogP contribution in [0.2, 0.25) is 0 Å². The highest BCUT2D eigenvalue weighted by Gasteiger charge is 2.55. The maximum Gasteiger partial charge on any atom is 0.414 e. The average Bonchev–Trinajstić information content (AvgIpc) is 3.12. The molecule has 1 aliphatic carbocycles. The number of ether oxygens (including phenoxy) is 4. The fraction of sp³-hybridized carbons (Fsp3) is 0.607. The van der Waals surface area contributed by atoms with Crippen LogP contribution in [0, 0.1) is 5.82 Å². The Labute approximate surface area is 227 Å². The van der Waals surface area contributed by atoms with E-state index in [1.165, 1.54) is 12.3 Å². The molecule has 39 heavy (non-hydrogen) atoms. The van der Waals surface area contributed by atoms with E-state index in [0.29, 0.717) is 50.1 Å². The summed E-state index contributed by atoms with van der Waals surface area (Å²) in [6, 6.07) is 3.92. The number of carbonyl (C=O) groups excluding carboxylic acids is 2. The largest absolute Gasteiger partial charge is 0.465 e. The van der Waals surface area contributed by atoms with Crippen LogP contribution in [0.1, 0.15) is 64.4 Å². The van der Waals surface area contributed by atoms with Crippen molar-refractivity contribution in [1.82, 2.24) is 10.2 Å². The second-order valence-electron chi connectivity index (χ2n) is 11.3. The number of hydrogen-bond acceptors (Lipinski definition) is 8. The summed E-state index contributed by atoms with van der Waals surface area (Å²) in [7, 11) is 0. The minimum Gasteiger partial charge on any atom is -0.465 e. The zero-order valence-electron chi connectivity index (χ0n) is 22.6. The summed E-state index contributed by atoms with van der Waals surface area (Å²) < 4.78 is 37.5. The van der Waals surface area contributed by atoms with Gasteiger partial charge in [0.25, 0.3) is 0 Å². The van der Waals surface area contributed by atoms with Crippen LogP contribution in [0.4, 0.5) is 9.18 Å². The molecule has 1 spiro atoms. The van der Waals surface area contributed by atoms with E-state index in [9.17, 15) is 23.9 Å². The van der Waals surface area contributed by atoms with Crippen molar-refractivity contribution in [2.75, 3.05) is 26.4 Å². The highest BCUT2D eigenvalue weighted by Crippen LogP contribution is 2.40. The number of morpholine rings is 1. The van der Waals surface area contributed by atoms with Gasteiger partial charge in [-0.05, 0) is 64.5 Å². The summed E-state index contributed by atoms with van der Waals surface area (Å²) in [4.78, 5) is 37.1. The van der Waals surface area contributed by atoms with Crippen LogP contribution >= 0.6 is 0 Å². The molecule has 2 atom stereocenters. The van der Waals surface area contributed by atoms with Crippen molar-refractivity contribution in [2.45, 2.75) is 82.1 Å². The average molecular weight is 549 g/mol. The van der Waals surface area contributed by atoms with Crippen molar-refractivity contribution < 1.29 is 42.8 Å². The van der Waals surface area contributed by atoms with Gasteiger partial charge in [-0.25, -0.2) is 18.9 Å². The van der Waals surface area contributed by atoms with E-state index < -0.39 is 35.2 Å². The Balaban J connectivity index is 1.36. The van der Waals surface area contributed by atoms with E-state index >= 15 is 0 Å². The summed E-state index contributed by atoms with van der Waals surface area (Å²) in [5.41, 5.74) is -0.977. The van der Waals surface area contributed by atoms with Crippen LogP contribution < -0.4 is 10.1 Å². The van der Waals surface area contributed by atoms with Crippen molar-refractivity contribution >= 4 is 18.0 Å². The molecular formula is C28H37FN2O8. The number of rotatable bonds is 7. The van der Waals surface area contributed by atoms with E-state index in [1.807, 2.05) is 0 Å². The van der Waals surface area contributed by atoms with Gasteiger partial charge in [-0.15, -0.1) is 0 Å². The molecular weight excluding hydrogens is 511 g/mol. The van der Waals surface area contributed by atoms with E-state index in [1.54, 1.807) is 32.9 Å². The van der Waals surface area contributed by atoms with Crippen molar-refractivity contribution in [3.63, 3.8) is 0 Å². The Kier molecular flexibility index (Phi) is 8.93. The van der Waals surface area contributed by atoms with Gasteiger partial charge in [-0.2, -0.15) is 0 Å². The van der Waals surface area contributed by atoms with Gasteiger partial charge < -0.3 is 29.4 Å². The smallest absolute Gasteiger partial charge is 0.414 e. The number of carboxylic acid groups (broad SMARTS) is 1. The number of halogens is 1. The number of benzene rings is 1. The van der Waals surface area contributed by atoms with E-state index in [2.05, 4.69) is 5.32 Å². The molecule has 3 fully saturated rings. The van der Waals surface area contributed by atoms with Crippen LogP contribution in [0.3, 0.4) is 0 Å². The fourth-order valence-electron chi connectivity index (χ4n) is 5.63. The molecule has 214 valence electrons. The molecule has 0 radical (unpaired) electrons. The lowest BCUT2D eigenvalue weighted by Crippen LogP contribution is -2.63. The standard InChI is InChI=1S/C28H37FN2O8/c1-27(2,3)39-24(33)11-13-37-21-6-4-5-20(29)25(21)18-7-9-19(10-8-18)38-16-22-28(17-36-14-12-30-28)15-23(32)31(22)26(34)35/h4-6,11,13,18-19,22,30H,7-10,12,14-17H2,1-3H3,(H,34,35)/b13-11+. The number of amides is 2. The zero-order chi connectivity index (χ0) is 28.2. The van der Waals surface area contributed by atoms with Crippen molar-refractivity contribution in [1.29, 1.82) is 0 Å². The molecule has 10 nitrogen and oxygen atoms in total. The first-order valence-electron chi connectivity index (χ1n) is 13.3. The van der Waals surface area contributed by atoms with Crippen molar-refractivity contribution in [2.24, 2.45) is 0 Å². The predicted octanol–water partition coefficient (Wildman–Crippen LogP) is 3.74. The number of hydrogen-bond donors (Lipinski definition) is 2. The van der Waals surface area contributed by atoms with Gasteiger partial charge in [0.05, 0.1) is 49.8 Å². The van der Waals surface area contributed by atoms with Gasteiger partial charge in [-0.1, -0.05) is 6.07 Å². The molecule has 11 heteroatoms. The normalized spacial score (nSPS) is 27.7. The third-order valence-corrected chi connectivity index (χ3v) is 7.37. The Bertz CT molecular complexity index is 1090. The number of nitrogens with one attached hydrogen (secondary N) is 1. The minimum absolute atomic E-state index is 0.0402. The molecule has 4 rings (SSSR count). The predicted molar refractivity (Wildman–Crippen MR) is 138 cm³/mol. The van der Waals surface area contributed by atoms with Gasteiger partial charge in [0, 0.05) is 18.5 Å². The molecule has 1 aromatic rings. The lowest BCUT2D eigenvalue weighted by atomic mass is 9.82. The van der Waals surface area contributed by atoms with Crippen LogP contribution in [0.25, 0.3) is 0 Å². The lowest BCUT2D eigenvalue weighted by Gasteiger charge is -2.40. The maximum absolute atomic E-state index is 14.9. The quantitative estimate of drug-likeness (QED) is 0.298. The molecule has 2 heterocycles. The Morgan fingerprint density at radius 3 is 2.64 bits per heavy atom. The Hall–Kier alpha value is -3.02. The number of nitrogens with zero attached hydrogens (tertiary/aromatic N) is 1. The summed E-state index contributed by atoms with van der Waals surface area (Å²) in [5.74, 6) is -1.18. The van der Waals surface area contributed by atoms with Crippen molar-refractivity contribution in [3.8, 4) is 5.75 Å². The molecule has 1 aromatic carbocycles. The van der Waals surface area contributed by atoms with Gasteiger partial charge in [-0.3, -0.25) is 4.79 Å². The number of imide groups is 1. The highest BCUT2D eigenvalue weighted by atomic mass is 19.1. The number of carbonyl (C=O) groups is 3. The molecule has 1 saturated carbocycles. The Morgan fingerprint density at radius 2 is 2.00 bits per heavy atom. The van der Waals surface area contributed by atoms with Crippen molar-refractivity contribution in [3.05, 3.63) is 41.9 Å². The van der Waals surface area contributed by atoms with Gasteiger partial charge in [0.15, 0.2) is 0 Å². The molecule has 2 amide bonds. The monoisotopic (exact) mass is 548 g/mol. The number of esters is 1. The van der Waals surface area contributed by atoms with Gasteiger partial charge >= 0.3 is 12.1 Å². The van der Waals surface area contributed by atoms with Gasteiger partial charge in [0.1, 0.15) is 17.2 Å². The Morgan fingerprint density at radius 1 is 1.26 bits per heavy atom. The molecule has 2 saturated heterocycles. The minimum atomic E-state index is -1.30. The van der Waals surface area contributed by atoms with Crippen LogP contribution in [-0.4, -0.2) is 77.6 Å².